The highest BCUT2D eigenvalue weighted by atomic mass is 35.5. The largest absolute Gasteiger partial charge is 0.491 e. The number of aryl methyl sites for hydroxylation is 1. The predicted octanol–water partition coefficient (Wildman–Crippen LogP) is 6.92. The van der Waals surface area contributed by atoms with Crippen molar-refractivity contribution in [2.75, 3.05) is 6.61 Å². The maximum absolute atomic E-state index is 6.18. The molecule has 26 heavy (non-hydrogen) atoms. The number of hydrogen-bond donors (Lipinski definition) is 0. The lowest BCUT2D eigenvalue weighted by Crippen LogP contribution is -2.01. The fraction of sp³-hybridized carbons (Fsp3) is 0.130. The molecule has 1 aliphatic heterocycles. The van der Waals surface area contributed by atoms with E-state index < -0.39 is 0 Å². The minimum Gasteiger partial charge on any atom is -0.491 e. The smallest absolute Gasteiger partial charge is 0.137 e. The molecule has 0 aromatic heterocycles. The summed E-state index contributed by atoms with van der Waals surface area (Å²) in [4.78, 5) is 2.47. The van der Waals surface area contributed by atoms with Gasteiger partial charge >= 0.3 is 0 Å². The highest BCUT2D eigenvalue weighted by Crippen LogP contribution is 2.47. The van der Waals surface area contributed by atoms with Crippen molar-refractivity contribution in [2.24, 2.45) is 0 Å². The van der Waals surface area contributed by atoms with Crippen LogP contribution in [-0.2, 0) is 4.74 Å². The van der Waals surface area contributed by atoms with Crippen LogP contribution < -0.4 is 0 Å². The minimum absolute atomic E-state index is 0.242. The molecule has 3 aromatic rings. The summed E-state index contributed by atoms with van der Waals surface area (Å²) in [6.45, 7) is 2.78. The van der Waals surface area contributed by atoms with E-state index in [0.717, 1.165) is 16.3 Å². The lowest BCUT2D eigenvalue weighted by molar-refractivity contribution is 0.294. The fourth-order valence-corrected chi connectivity index (χ4v) is 4.37. The first kappa shape index (κ1) is 17.3. The van der Waals surface area contributed by atoms with Gasteiger partial charge in [0.1, 0.15) is 5.76 Å². The van der Waals surface area contributed by atoms with Crippen LogP contribution in [0.5, 0.6) is 0 Å². The van der Waals surface area contributed by atoms with E-state index in [2.05, 4.69) is 55.5 Å². The number of thioether (sulfide) groups is 1. The van der Waals surface area contributed by atoms with Crippen LogP contribution in [0.2, 0.25) is 5.02 Å². The van der Waals surface area contributed by atoms with E-state index in [1.165, 1.54) is 20.9 Å². The van der Waals surface area contributed by atoms with Crippen molar-refractivity contribution < 1.29 is 4.74 Å². The lowest BCUT2D eigenvalue weighted by atomic mass is 9.98. The van der Waals surface area contributed by atoms with Gasteiger partial charge in [0, 0.05) is 20.4 Å². The van der Waals surface area contributed by atoms with Crippen LogP contribution in [0.1, 0.15) is 22.6 Å². The molecule has 0 N–H and O–H groups in total. The third-order valence-electron chi connectivity index (χ3n) is 4.49. The first-order chi connectivity index (χ1) is 12.7. The van der Waals surface area contributed by atoms with Crippen molar-refractivity contribution in [3.63, 3.8) is 0 Å². The molecule has 1 heterocycles. The standard InChI is InChI=1S/C23H19ClOS/c1-16-7-9-17(10-8-16)21-15-25-22(18-11-13-19(24)14-12-18)23(21)26-20-5-3-2-4-6-20/h2-14,21H,15H2,1H3. The SMILES string of the molecule is Cc1ccc(C2COC(c3ccc(Cl)cc3)=C2Sc2ccccc2)cc1. The van der Waals surface area contributed by atoms with E-state index in [0.29, 0.717) is 6.61 Å². The molecule has 1 nitrogen and oxygen atoms in total. The van der Waals surface area contributed by atoms with Gasteiger partial charge in [0.05, 0.1) is 12.5 Å². The molecule has 1 unspecified atom stereocenters. The summed E-state index contributed by atoms with van der Waals surface area (Å²) in [6, 6.07) is 27.1. The predicted molar refractivity (Wildman–Crippen MR) is 111 cm³/mol. The zero-order chi connectivity index (χ0) is 17.9. The molecule has 0 saturated heterocycles. The summed E-state index contributed by atoms with van der Waals surface area (Å²) in [6.07, 6.45) is 0. The van der Waals surface area contributed by atoms with Crippen LogP contribution >= 0.6 is 23.4 Å². The molecule has 1 aliphatic rings. The molecule has 0 amide bonds. The second kappa shape index (κ2) is 7.61. The molecular weight excluding hydrogens is 360 g/mol. The highest BCUT2D eigenvalue weighted by molar-refractivity contribution is 8.03. The average molecular weight is 379 g/mol. The zero-order valence-electron chi connectivity index (χ0n) is 14.5. The molecule has 130 valence electrons. The Morgan fingerprint density at radius 2 is 1.58 bits per heavy atom. The van der Waals surface area contributed by atoms with Gasteiger partial charge in [-0.2, -0.15) is 0 Å². The van der Waals surface area contributed by atoms with Crippen molar-refractivity contribution in [3.05, 3.63) is 105 Å². The van der Waals surface area contributed by atoms with Gasteiger partial charge in [-0.15, -0.1) is 0 Å². The molecule has 0 radical (unpaired) electrons. The normalized spacial score (nSPS) is 16.6. The van der Waals surface area contributed by atoms with Gasteiger partial charge in [-0.25, -0.2) is 0 Å². The summed E-state index contributed by atoms with van der Waals surface area (Å²) < 4.78 is 6.18. The Hall–Kier alpha value is -2.16. The topological polar surface area (TPSA) is 9.23 Å². The summed E-state index contributed by atoms with van der Waals surface area (Å²) in [7, 11) is 0. The van der Waals surface area contributed by atoms with Gasteiger partial charge in [0.2, 0.25) is 0 Å². The molecule has 0 spiro atoms. The molecule has 0 saturated carbocycles. The van der Waals surface area contributed by atoms with E-state index in [-0.39, 0.29) is 5.92 Å². The van der Waals surface area contributed by atoms with Crippen molar-refractivity contribution in [1.82, 2.24) is 0 Å². The van der Waals surface area contributed by atoms with Gasteiger partial charge in [-0.3, -0.25) is 0 Å². The van der Waals surface area contributed by atoms with Crippen LogP contribution in [0, 0.1) is 6.92 Å². The van der Waals surface area contributed by atoms with Gasteiger partial charge < -0.3 is 4.74 Å². The van der Waals surface area contributed by atoms with Crippen LogP contribution in [0.25, 0.3) is 5.76 Å². The molecule has 0 aliphatic carbocycles. The molecule has 3 heteroatoms. The van der Waals surface area contributed by atoms with Crippen LogP contribution in [0.15, 0.2) is 88.7 Å². The monoisotopic (exact) mass is 378 g/mol. The zero-order valence-corrected chi connectivity index (χ0v) is 16.1. The van der Waals surface area contributed by atoms with E-state index >= 15 is 0 Å². The van der Waals surface area contributed by atoms with E-state index in [1.807, 2.05) is 30.3 Å². The molecule has 1 atom stereocenters. The van der Waals surface area contributed by atoms with Crippen molar-refractivity contribution in [3.8, 4) is 0 Å². The summed E-state index contributed by atoms with van der Waals surface area (Å²) in [5.74, 6) is 1.20. The van der Waals surface area contributed by atoms with Gasteiger partial charge in [-0.1, -0.05) is 71.4 Å². The van der Waals surface area contributed by atoms with Crippen molar-refractivity contribution >= 4 is 29.1 Å². The van der Waals surface area contributed by atoms with E-state index in [4.69, 9.17) is 16.3 Å². The van der Waals surface area contributed by atoms with Crippen LogP contribution in [0.4, 0.5) is 0 Å². The second-order valence-corrected chi connectivity index (χ2v) is 7.94. The molecule has 3 aromatic carbocycles. The Bertz CT molecular complexity index is 915. The van der Waals surface area contributed by atoms with Gasteiger partial charge in [0.15, 0.2) is 0 Å². The van der Waals surface area contributed by atoms with Crippen molar-refractivity contribution in [1.29, 1.82) is 0 Å². The van der Waals surface area contributed by atoms with Crippen LogP contribution in [0.3, 0.4) is 0 Å². The second-order valence-electron chi connectivity index (χ2n) is 6.39. The Morgan fingerprint density at radius 3 is 2.27 bits per heavy atom. The summed E-state index contributed by atoms with van der Waals surface area (Å²) >= 11 is 7.85. The average Bonchev–Trinajstić information content (AvgIpc) is 3.07. The van der Waals surface area contributed by atoms with E-state index in [1.54, 1.807) is 11.8 Å². The maximum Gasteiger partial charge on any atom is 0.137 e. The third-order valence-corrected chi connectivity index (χ3v) is 5.94. The van der Waals surface area contributed by atoms with E-state index in [9.17, 15) is 0 Å². The Labute approximate surface area is 163 Å². The summed E-state index contributed by atoms with van der Waals surface area (Å²) in [5.41, 5.74) is 3.63. The molecule has 0 fully saturated rings. The van der Waals surface area contributed by atoms with Gasteiger partial charge in [0.25, 0.3) is 0 Å². The molecular formula is C23H19ClOS. The Morgan fingerprint density at radius 1 is 0.885 bits per heavy atom. The fourth-order valence-electron chi connectivity index (χ4n) is 3.08. The first-order valence-electron chi connectivity index (χ1n) is 8.63. The number of rotatable bonds is 4. The van der Waals surface area contributed by atoms with Gasteiger partial charge in [-0.05, 0) is 48.9 Å². The van der Waals surface area contributed by atoms with Crippen LogP contribution in [-0.4, -0.2) is 6.61 Å². The Balaban J connectivity index is 1.77. The maximum atomic E-state index is 6.18. The van der Waals surface area contributed by atoms with Crippen molar-refractivity contribution in [2.45, 2.75) is 17.7 Å². The number of benzene rings is 3. The highest BCUT2D eigenvalue weighted by Gasteiger charge is 2.30. The number of halogens is 1. The Kier molecular flexibility index (Phi) is 5.05. The quantitative estimate of drug-likeness (QED) is 0.487. The minimum atomic E-state index is 0.242. The lowest BCUT2D eigenvalue weighted by Gasteiger charge is -2.13. The molecule has 4 rings (SSSR count). The number of ether oxygens (including phenoxy) is 1. The number of hydrogen-bond acceptors (Lipinski definition) is 2. The third kappa shape index (κ3) is 3.67. The first-order valence-corrected chi connectivity index (χ1v) is 9.82. The molecule has 0 bridgehead atoms. The summed E-state index contributed by atoms with van der Waals surface area (Å²) in [5, 5.41) is 0.736.